The van der Waals surface area contributed by atoms with Gasteiger partial charge in [-0.2, -0.15) is 0 Å². The molecular weight excluding hydrogens is 189 g/mol. The van der Waals surface area contributed by atoms with E-state index in [0.717, 1.165) is 16.6 Å². The zero-order valence-corrected chi connectivity index (χ0v) is 9.14. The summed E-state index contributed by atoms with van der Waals surface area (Å²) in [6.07, 6.45) is 0. The summed E-state index contributed by atoms with van der Waals surface area (Å²) in [6, 6.07) is 6.14. The Hall–Kier alpha value is -1.24. The van der Waals surface area contributed by atoms with Gasteiger partial charge in [-0.15, -0.1) is 0 Å². The third-order valence-corrected chi connectivity index (χ3v) is 2.99. The van der Waals surface area contributed by atoms with E-state index in [2.05, 4.69) is 27.5 Å². The first-order valence-electron chi connectivity index (χ1n) is 4.37. The fraction of sp³-hybridized carbons (Fsp3) is 0.100. The van der Waals surface area contributed by atoms with Gasteiger partial charge in [0.25, 0.3) is 0 Å². The molecule has 0 atom stereocenters. The third kappa shape index (κ3) is 1.55. The molecule has 0 radical (unpaired) electrons. The first kappa shape index (κ1) is 9.32. The van der Waals surface area contributed by atoms with Crippen LogP contribution in [0.1, 0.15) is 5.69 Å². The van der Waals surface area contributed by atoms with Gasteiger partial charge < -0.3 is 0 Å². The molecule has 2 aromatic rings. The maximum atomic E-state index is 5.57. The van der Waals surface area contributed by atoms with Gasteiger partial charge in [0.2, 0.25) is 0 Å². The molecule has 1 aromatic heterocycles. The Morgan fingerprint density at radius 1 is 1.36 bits per heavy atom. The van der Waals surface area contributed by atoms with E-state index in [1.54, 1.807) is 0 Å². The summed E-state index contributed by atoms with van der Waals surface area (Å²) in [5.41, 5.74) is 7.41. The number of fused-ring (bicyclic) bond motifs is 1. The van der Waals surface area contributed by atoms with Crippen LogP contribution in [0.5, 0.6) is 0 Å². The van der Waals surface area contributed by atoms with Gasteiger partial charge in [0.1, 0.15) is 0 Å². The van der Waals surface area contributed by atoms with Crippen LogP contribution < -0.4 is 10.2 Å². The topological polar surface area (TPSA) is 51.8 Å². The van der Waals surface area contributed by atoms with Crippen molar-refractivity contribution in [2.45, 2.75) is 6.92 Å². The second-order valence-corrected chi connectivity index (χ2v) is 4.22. The average molecular weight is 199 g/mol. The van der Waals surface area contributed by atoms with Crippen molar-refractivity contribution in [3.63, 3.8) is 0 Å². The zero-order valence-electron chi connectivity index (χ0n) is 7.99. The van der Waals surface area contributed by atoms with Gasteiger partial charge in [-0.1, -0.05) is 0 Å². The number of rotatable bonds is 1. The van der Waals surface area contributed by atoms with Crippen molar-refractivity contribution < 1.29 is 0 Å². The van der Waals surface area contributed by atoms with Crippen molar-refractivity contribution in [1.29, 1.82) is 0 Å². The number of nitrogen functional groups attached to an aromatic ring is 1. The monoisotopic (exact) mass is 199 g/mol. The number of nitrogens with zero attached hydrogens (tertiary/aromatic N) is 2. The predicted molar refractivity (Wildman–Crippen MR) is 61.2 cm³/mol. The van der Waals surface area contributed by atoms with Gasteiger partial charge in [0.15, 0.2) is 0 Å². The Labute approximate surface area is 88.2 Å². The minimum absolute atomic E-state index is 0.0953. The molecule has 0 unspecified atom stereocenters. The van der Waals surface area contributed by atoms with E-state index in [-0.39, 0.29) is 14.8 Å². The summed E-state index contributed by atoms with van der Waals surface area (Å²) in [5.74, 6) is 0.338. The van der Waals surface area contributed by atoms with Crippen molar-refractivity contribution in [1.82, 2.24) is 9.97 Å². The number of hydrogen-bond acceptors (Lipinski definition) is 3. The predicted octanol–water partition coefficient (Wildman–Crippen LogP) is 0.282. The SMILES string of the molecule is [CH2]=[Al][c]1ccc2nc(N)nc(C)c2c1. The second kappa shape index (κ2) is 3.49. The second-order valence-electron chi connectivity index (χ2n) is 3.15. The molecule has 1 heterocycles. The Morgan fingerprint density at radius 3 is 2.86 bits per heavy atom. The van der Waals surface area contributed by atoms with Crippen LogP contribution >= 0.6 is 0 Å². The molecule has 14 heavy (non-hydrogen) atoms. The summed E-state index contributed by atoms with van der Waals surface area (Å²) in [5, 5.41) is 5.00. The number of nitrogens with two attached hydrogens (primary N) is 1. The van der Waals surface area contributed by atoms with Crippen molar-refractivity contribution in [3.05, 3.63) is 23.9 Å². The summed E-state index contributed by atoms with van der Waals surface area (Å²) in [6.45, 7) is 1.95. The van der Waals surface area contributed by atoms with Crippen LogP contribution in [-0.4, -0.2) is 30.1 Å². The first-order chi connectivity index (χ1) is 6.70. The van der Waals surface area contributed by atoms with Gasteiger partial charge in [-0.3, -0.25) is 0 Å². The van der Waals surface area contributed by atoms with Crippen molar-refractivity contribution in [3.8, 4) is 0 Å². The molecule has 0 aliphatic carbocycles. The molecule has 0 bridgehead atoms. The molecule has 0 aliphatic heterocycles. The van der Waals surface area contributed by atoms with Crippen LogP contribution in [0.25, 0.3) is 10.9 Å². The molecule has 1 aromatic carbocycles. The van der Waals surface area contributed by atoms with Crippen molar-refractivity contribution >= 4 is 41.4 Å². The zero-order chi connectivity index (χ0) is 10.1. The molecular formula is C10H10AlN3. The normalized spacial score (nSPS) is 10.1. The number of aryl methyl sites for hydroxylation is 1. The van der Waals surface area contributed by atoms with Crippen molar-refractivity contribution in [2.75, 3.05) is 5.73 Å². The number of anilines is 1. The first-order valence-corrected chi connectivity index (χ1v) is 5.76. The molecule has 0 spiro atoms. The molecule has 0 fully saturated rings. The molecule has 0 amide bonds. The minimum atomic E-state index is 0.0953. The van der Waals surface area contributed by atoms with Gasteiger partial charge in [0.05, 0.1) is 0 Å². The van der Waals surface area contributed by atoms with E-state index in [1.807, 2.05) is 13.0 Å². The van der Waals surface area contributed by atoms with E-state index < -0.39 is 0 Å². The Morgan fingerprint density at radius 2 is 2.14 bits per heavy atom. The van der Waals surface area contributed by atoms with Crippen LogP contribution in [0, 0.1) is 6.92 Å². The van der Waals surface area contributed by atoms with Crippen LogP contribution in [0.3, 0.4) is 0 Å². The maximum absolute atomic E-state index is 5.57. The summed E-state index contributed by atoms with van der Waals surface area (Å²) >= 11 is 0.0953. The van der Waals surface area contributed by atoms with Gasteiger partial charge in [-0.05, 0) is 0 Å². The number of hydrogen-bond donors (Lipinski definition) is 1. The third-order valence-electron chi connectivity index (χ3n) is 2.16. The average Bonchev–Trinajstić information content (AvgIpc) is 2.17. The molecule has 0 aliphatic rings. The molecule has 68 valence electrons. The van der Waals surface area contributed by atoms with E-state index in [4.69, 9.17) is 5.73 Å². The molecule has 0 saturated heterocycles. The van der Waals surface area contributed by atoms with Gasteiger partial charge >= 0.3 is 88.0 Å². The van der Waals surface area contributed by atoms with Gasteiger partial charge in [0, 0.05) is 0 Å². The standard InChI is InChI=1S/C9H8N3.CH2.Al/c1-6-7-4-2-3-5-8(7)12-9(10)11-6;;/h3-5H,1H3,(H2,10,11,12);1H2;. The molecule has 0 saturated carbocycles. The summed E-state index contributed by atoms with van der Waals surface area (Å²) in [4.78, 5) is 8.30. The Kier molecular flexibility index (Phi) is 2.32. The fourth-order valence-corrected chi connectivity index (χ4v) is 1.97. The Balaban J connectivity index is 2.81. The van der Waals surface area contributed by atoms with Crippen LogP contribution in [0.2, 0.25) is 0 Å². The molecule has 2 rings (SSSR count). The van der Waals surface area contributed by atoms with Crippen molar-refractivity contribution in [2.24, 2.45) is 0 Å². The quantitative estimate of drug-likeness (QED) is 0.671. The summed E-state index contributed by atoms with van der Waals surface area (Å²) < 4.78 is 1.27. The van der Waals surface area contributed by atoms with E-state index in [9.17, 15) is 0 Å². The Bertz CT molecular complexity index is 508. The van der Waals surface area contributed by atoms with Crippen LogP contribution in [-0.2, 0) is 0 Å². The van der Waals surface area contributed by atoms with Gasteiger partial charge in [-0.25, -0.2) is 0 Å². The van der Waals surface area contributed by atoms with E-state index in [1.165, 1.54) is 4.43 Å². The number of benzene rings is 1. The molecule has 2 N–H and O–H groups in total. The molecule has 4 heteroatoms. The van der Waals surface area contributed by atoms with E-state index in [0.29, 0.717) is 5.95 Å². The number of aromatic nitrogens is 2. The van der Waals surface area contributed by atoms with E-state index >= 15 is 0 Å². The van der Waals surface area contributed by atoms with Crippen LogP contribution in [0.4, 0.5) is 5.95 Å². The summed E-state index contributed by atoms with van der Waals surface area (Å²) in [7, 11) is 0. The van der Waals surface area contributed by atoms with Crippen LogP contribution in [0.15, 0.2) is 18.2 Å². The fourth-order valence-electron chi connectivity index (χ4n) is 1.45. The molecule has 3 nitrogen and oxygen atoms in total.